The molecule has 0 saturated carbocycles. The van der Waals surface area contributed by atoms with Crippen LogP contribution < -0.4 is 10.5 Å². The third-order valence-corrected chi connectivity index (χ3v) is 3.65. The van der Waals surface area contributed by atoms with Crippen LogP contribution in [0.4, 0.5) is 5.69 Å². The lowest BCUT2D eigenvalue weighted by Crippen LogP contribution is -2.21. The van der Waals surface area contributed by atoms with Gasteiger partial charge in [0.2, 0.25) is 10.0 Å². The van der Waals surface area contributed by atoms with Crippen LogP contribution in [0.25, 0.3) is 0 Å². The minimum absolute atomic E-state index is 0.0781. The second kappa shape index (κ2) is 5.81. The molecule has 0 fully saturated rings. The molecule has 1 atom stereocenters. The third-order valence-electron chi connectivity index (χ3n) is 2.09. The predicted octanol–water partition coefficient (Wildman–Crippen LogP) is 1.54. The normalized spacial score (nSPS) is 13.4. The van der Waals surface area contributed by atoms with Crippen LogP contribution in [0.15, 0.2) is 27.6 Å². The van der Waals surface area contributed by atoms with Crippen molar-refractivity contribution in [1.82, 2.24) is 0 Å². The maximum absolute atomic E-state index is 11.1. The highest BCUT2D eigenvalue weighted by atomic mass is 79.9. The average Bonchev–Trinajstić information content (AvgIpc) is 2.20. The molecule has 0 spiro atoms. The summed E-state index contributed by atoms with van der Waals surface area (Å²) in [5, 5.41) is 8.22. The Balaban J connectivity index is 2.91. The van der Waals surface area contributed by atoms with Gasteiger partial charge in [-0.3, -0.25) is 0 Å². The number of anilines is 1. The number of sulfonamides is 1. The number of methoxy groups -OCH3 is 1. The fourth-order valence-electron chi connectivity index (χ4n) is 1.35. The second-order valence-corrected chi connectivity index (χ2v) is 6.10. The summed E-state index contributed by atoms with van der Waals surface area (Å²) in [6, 6.07) is 4.71. The summed E-state index contributed by atoms with van der Waals surface area (Å²) < 4.78 is 27.9. The molecule has 0 heterocycles. The van der Waals surface area contributed by atoms with Crippen molar-refractivity contribution in [3.05, 3.63) is 22.7 Å². The van der Waals surface area contributed by atoms with Gasteiger partial charge in [0.1, 0.15) is 0 Å². The largest absolute Gasteiger partial charge is 0.383 e. The summed E-state index contributed by atoms with van der Waals surface area (Å²) >= 11 is 3.30. The van der Waals surface area contributed by atoms with Crippen LogP contribution in [0.5, 0.6) is 0 Å². The van der Waals surface area contributed by atoms with E-state index in [-0.39, 0.29) is 10.9 Å². The molecule has 0 aromatic heterocycles. The highest BCUT2D eigenvalue weighted by Crippen LogP contribution is 2.25. The van der Waals surface area contributed by atoms with Gasteiger partial charge in [0.15, 0.2) is 0 Å². The van der Waals surface area contributed by atoms with Gasteiger partial charge in [-0.2, -0.15) is 0 Å². The van der Waals surface area contributed by atoms with E-state index in [1.807, 2.05) is 6.92 Å². The first-order valence-corrected chi connectivity index (χ1v) is 7.26. The Labute approximate surface area is 110 Å². The van der Waals surface area contributed by atoms with E-state index in [1.165, 1.54) is 12.1 Å². The summed E-state index contributed by atoms with van der Waals surface area (Å²) in [5.41, 5.74) is 0.793. The van der Waals surface area contributed by atoms with Gasteiger partial charge < -0.3 is 10.1 Å². The van der Waals surface area contributed by atoms with Gasteiger partial charge in [0.05, 0.1) is 11.5 Å². The maximum Gasteiger partial charge on any atom is 0.238 e. The molecule has 17 heavy (non-hydrogen) atoms. The molecule has 0 amide bonds. The number of nitrogens with one attached hydrogen (secondary N) is 1. The smallest absolute Gasteiger partial charge is 0.238 e. The van der Waals surface area contributed by atoms with Crippen molar-refractivity contribution in [2.24, 2.45) is 5.14 Å². The number of halogens is 1. The molecule has 0 bridgehead atoms. The van der Waals surface area contributed by atoms with Gasteiger partial charge in [0, 0.05) is 23.3 Å². The van der Waals surface area contributed by atoms with E-state index < -0.39 is 10.0 Å². The first-order valence-electron chi connectivity index (χ1n) is 4.92. The predicted molar refractivity (Wildman–Crippen MR) is 70.5 cm³/mol. The quantitative estimate of drug-likeness (QED) is 0.861. The van der Waals surface area contributed by atoms with Crippen LogP contribution in [0.1, 0.15) is 6.92 Å². The fraction of sp³-hybridized carbons (Fsp3) is 0.400. The Morgan fingerprint density at radius 3 is 2.65 bits per heavy atom. The third kappa shape index (κ3) is 4.27. The van der Waals surface area contributed by atoms with E-state index in [2.05, 4.69) is 21.2 Å². The molecular weight excluding hydrogens is 308 g/mol. The SMILES string of the molecule is COCC(C)Nc1ccc(S(N)(=O)=O)cc1Br. The van der Waals surface area contributed by atoms with Crippen molar-refractivity contribution in [1.29, 1.82) is 0 Å². The molecule has 1 aromatic rings. The molecule has 0 aliphatic heterocycles. The zero-order valence-corrected chi connectivity index (χ0v) is 12.0. The van der Waals surface area contributed by atoms with E-state index >= 15 is 0 Å². The van der Waals surface area contributed by atoms with Crippen LogP contribution in [0.2, 0.25) is 0 Å². The zero-order valence-electron chi connectivity index (χ0n) is 9.60. The zero-order chi connectivity index (χ0) is 13.1. The highest BCUT2D eigenvalue weighted by molar-refractivity contribution is 9.10. The molecule has 0 saturated heterocycles. The number of primary sulfonamides is 1. The van der Waals surface area contributed by atoms with Crippen LogP contribution in [0, 0.1) is 0 Å². The van der Waals surface area contributed by atoms with E-state index in [0.29, 0.717) is 11.1 Å². The number of benzene rings is 1. The highest BCUT2D eigenvalue weighted by Gasteiger charge is 2.11. The van der Waals surface area contributed by atoms with Crippen molar-refractivity contribution in [3.8, 4) is 0 Å². The molecule has 0 aliphatic rings. The number of hydrogen-bond acceptors (Lipinski definition) is 4. The summed E-state index contributed by atoms with van der Waals surface area (Å²) in [4.78, 5) is 0.0781. The van der Waals surface area contributed by atoms with Gasteiger partial charge in [0.25, 0.3) is 0 Å². The van der Waals surface area contributed by atoms with Crippen LogP contribution in [-0.2, 0) is 14.8 Å². The lowest BCUT2D eigenvalue weighted by Gasteiger charge is -2.15. The first-order chi connectivity index (χ1) is 7.84. The minimum atomic E-state index is -3.66. The Morgan fingerprint density at radius 2 is 2.18 bits per heavy atom. The van der Waals surface area contributed by atoms with Gasteiger partial charge >= 0.3 is 0 Å². The monoisotopic (exact) mass is 322 g/mol. The topological polar surface area (TPSA) is 81.4 Å². The molecular formula is C10H15BrN2O3S. The van der Waals surface area contributed by atoms with Crippen molar-refractivity contribution < 1.29 is 13.2 Å². The van der Waals surface area contributed by atoms with Crippen molar-refractivity contribution in [2.45, 2.75) is 17.9 Å². The maximum atomic E-state index is 11.1. The molecule has 1 unspecified atom stereocenters. The summed E-state index contributed by atoms with van der Waals surface area (Å²) in [7, 11) is -2.04. The van der Waals surface area contributed by atoms with Crippen LogP contribution >= 0.6 is 15.9 Å². The average molecular weight is 323 g/mol. The summed E-state index contributed by atoms with van der Waals surface area (Å²) in [5.74, 6) is 0. The van der Waals surface area contributed by atoms with E-state index in [9.17, 15) is 8.42 Å². The minimum Gasteiger partial charge on any atom is -0.383 e. The number of nitrogens with two attached hydrogens (primary N) is 1. The van der Waals surface area contributed by atoms with Gasteiger partial charge in [-0.05, 0) is 41.1 Å². The van der Waals surface area contributed by atoms with Crippen LogP contribution in [0.3, 0.4) is 0 Å². The van der Waals surface area contributed by atoms with Crippen LogP contribution in [-0.4, -0.2) is 28.2 Å². The number of hydrogen-bond donors (Lipinski definition) is 2. The number of ether oxygens (including phenoxy) is 1. The first kappa shape index (κ1) is 14.4. The van der Waals surface area contributed by atoms with Gasteiger partial charge in [-0.1, -0.05) is 0 Å². The Bertz CT molecular complexity index is 490. The van der Waals surface area contributed by atoms with Gasteiger partial charge in [-0.25, -0.2) is 13.6 Å². The Hall–Kier alpha value is -0.630. The summed E-state index contributed by atoms with van der Waals surface area (Å²) in [6.07, 6.45) is 0. The molecule has 0 aliphatic carbocycles. The molecule has 7 heteroatoms. The second-order valence-electron chi connectivity index (χ2n) is 3.69. The van der Waals surface area contributed by atoms with Gasteiger partial charge in [-0.15, -0.1) is 0 Å². The molecule has 1 aromatic carbocycles. The molecule has 3 N–H and O–H groups in total. The number of rotatable bonds is 5. The van der Waals surface area contributed by atoms with Crippen molar-refractivity contribution >= 4 is 31.6 Å². The molecule has 5 nitrogen and oxygen atoms in total. The lowest BCUT2D eigenvalue weighted by atomic mass is 10.3. The lowest BCUT2D eigenvalue weighted by molar-refractivity contribution is 0.190. The fourth-order valence-corrected chi connectivity index (χ4v) is 2.53. The van der Waals surface area contributed by atoms with Crippen molar-refractivity contribution in [2.75, 3.05) is 19.0 Å². The summed E-state index contributed by atoms with van der Waals surface area (Å²) in [6.45, 7) is 2.52. The van der Waals surface area contributed by atoms with E-state index in [4.69, 9.17) is 9.88 Å². The molecule has 0 radical (unpaired) electrons. The standard InChI is InChI=1S/C10H15BrN2O3S/c1-7(6-16-2)13-10-4-3-8(5-9(10)11)17(12,14)15/h3-5,7,13H,6H2,1-2H3,(H2,12,14,15). The molecule has 1 rings (SSSR count). The Kier molecular flexibility index (Phi) is 4.93. The van der Waals surface area contributed by atoms with E-state index in [1.54, 1.807) is 13.2 Å². The molecule has 96 valence electrons. The van der Waals surface area contributed by atoms with Crippen molar-refractivity contribution in [3.63, 3.8) is 0 Å². The Morgan fingerprint density at radius 1 is 1.53 bits per heavy atom. The van der Waals surface area contributed by atoms with E-state index in [0.717, 1.165) is 5.69 Å².